The number of carbonyl (C=O) groups excluding carboxylic acids is 1. The number of likely N-dealkylation sites (N-methyl/N-ethyl adjacent to an activating group) is 1. The van der Waals surface area contributed by atoms with Crippen molar-refractivity contribution in [2.75, 3.05) is 18.9 Å². The number of rotatable bonds is 3. The normalized spacial score (nSPS) is 19.0. The van der Waals surface area contributed by atoms with Gasteiger partial charge in [-0.3, -0.25) is 14.4 Å². The van der Waals surface area contributed by atoms with Crippen LogP contribution in [-0.2, 0) is 17.9 Å². The second-order valence-corrected chi connectivity index (χ2v) is 7.87. The fraction of sp³-hybridized carbons (Fsp3) is 0.400. The summed E-state index contributed by atoms with van der Waals surface area (Å²) in [6.45, 7) is 2.61. The van der Waals surface area contributed by atoms with Crippen LogP contribution in [0.15, 0.2) is 30.6 Å². The van der Waals surface area contributed by atoms with Gasteiger partial charge in [-0.25, -0.2) is 18.7 Å². The van der Waals surface area contributed by atoms with Crippen LogP contribution in [0.4, 0.5) is 14.6 Å². The van der Waals surface area contributed by atoms with E-state index in [1.54, 1.807) is 12.3 Å². The number of fused-ring (bicyclic) bond motifs is 2. The van der Waals surface area contributed by atoms with Gasteiger partial charge in [0.2, 0.25) is 11.8 Å². The molecule has 0 radical (unpaired) electrons. The van der Waals surface area contributed by atoms with Crippen molar-refractivity contribution in [1.82, 2.24) is 24.6 Å². The Morgan fingerprint density at radius 3 is 2.86 bits per heavy atom. The minimum Gasteiger partial charge on any atom is -0.310 e. The van der Waals surface area contributed by atoms with Crippen molar-refractivity contribution < 1.29 is 13.6 Å². The van der Waals surface area contributed by atoms with Gasteiger partial charge >= 0.3 is 0 Å². The third kappa shape index (κ3) is 3.35. The molecule has 3 aromatic rings. The van der Waals surface area contributed by atoms with E-state index in [1.165, 1.54) is 0 Å². The van der Waals surface area contributed by atoms with Crippen molar-refractivity contribution in [3.05, 3.63) is 36.3 Å². The van der Waals surface area contributed by atoms with Crippen LogP contribution in [0.3, 0.4) is 0 Å². The maximum Gasteiger partial charge on any atom is 0.249 e. The quantitative estimate of drug-likeness (QED) is 0.734. The number of nitrogens with one attached hydrogen (secondary N) is 1. The van der Waals surface area contributed by atoms with Crippen LogP contribution < -0.4 is 5.32 Å². The number of nitrogens with zero attached hydrogens (tertiary/aromatic N) is 5. The largest absolute Gasteiger partial charge is 0.310 e. The number of alkyl halides is 2. The predicted octanol–water partition coefficient (Wildman–Crippen LogP) is 2.92. The lowest BCUT2D eigenvalue weighted by molar-refractivity contribution is -0.145. The lowest BCUT2D eigenvalue weighted by Crippen LogP contribution is -2.42. The molecule has 0 bridgehead atoms. The Bertz CT molecular complexity index is 1100. The molecule has 150 valence electrons. The van der Waals surface area contributed by atoms with Crippen LogP contribution in [0.2, 0.25) is 0 Å². The Kier molecular flexibility index (Phi) is 4.09. The SMILES string of the molecule is CN1CCn2ncc(-c3ccc4cnc(NC(=O)C5CC(F)(F)C5)cc4n3)c2C1. The molecule has 0 spiro atoms. The highest BCUT2D eigenvalue weighted by molar-refractivity contribution is 5.94. The van der Waals surface area contributed by atoms with Gasteiger partial charge in [-0.15, -0.1) is 0 Å². The maximum absolute atomic E-state index is 13.0. The molecule has 3 aromatic heterocycles. The standard InChI is InChI=1S/C20H20F2N6O/c1-27-4-5-28-17(11-27)14(10-24-28)15-3-2-12-9-23-18(6-16(12)25-15)26-19(29)13-7-20(21,22)8-13/h2-3,6,9-10,13H,4-5,7-8,11H2,1H3,(H,23,26,29). The molecule has 1 amide bonds. The summed E-state index contributed by atoms with van der Waals surface area (Å²) in [7, 11) is 2.08. The van der Waals surface area contributed by atoms with E-state index >= 15 is 0 Å². The summed E-state index contributed by atoms with van der Waals surface area (Å²) in [5, 5.41) is 7.94. The van der Waals surface area contributed by atoms with Crippen LogP contribution >= 0.6 is 0 Å². The molecular weight excluding hydrogens is 378 g/mol. The summed E-state index contributed by atoms with van der Waals surface area (Å²) in [6, 6.07) is 5.54. The second-order valence-electron chi connectivity index (χ2n) is 7.87. The summed E-state index contributed by atoms with van der Waals surface area (Å²) in [4.78, 5) is 23.3. The van der Waals surface area contributed by atoms with Crippen molar-refractivity contribution >= 4 is 22.6 Å². The lowest BCUT2D eigenvalue weighted by Gasteiger charge is -2.33. The van der Waals surface area contributed by atoms with Crippen LogP contribution in [-0.4, -0.2) is 50.1 Å². The van der Waals surface area contributed by atoms with Gasteiger partial charge < -0.3 is 5.32 Å². The molecule has 1 aliphatic carbocycles. The van der Waals surface area contributed by atoms with Crippen LogP contribution in [0.5, 0.6) is 0 Å². The third-order valence-electron chi connectivity index (χ3n) is 5.62. The highest BCUT2D eigenvalue weighted by atomic mass is 19.3. The predicted molar refractivity (Wildman–Crippen MR) is 103 cm³/mol. The zero-order valence-electron chi connectivity index (χ0n) is 15.9. The number of pyridine rings is 2. The zero-order valence-corrected chi connectivity index (χ0v) is 15.9. The summed E-state index contributed by atoms with van der Waals surface area (Å²) in [5.41, 5.74) is 3.59. The average Bonchev–Trinajstić information content (AvgIpc) is 3.08. The monoisotopic (exact) mass is 398 g/mol. The van der Waals surface area contributed by atoms with E-state index in [0.29, 0.717) is 11.3 Å². The van der Waals surface area contributed by atoms with E-state index in [0.717, 1.165) is 42.0 Å². The first-order chi connectivity index (χ1) is 13.9. The molecular formula is C20H20F2N6O. The van der Waals surface area contributed by atoms with Gasteiger partial charge in [0.15, 0.2) is 0 Å². The van der Waals surface area contributed by atoms with Gasteiger partial charge in [0.25, 0.3) is 0 Å². The Hall–Kier alpha value is -2.94. The molecule has 4 heterocycles. The van der Waals surface area contributed by atoms with E-state index in [9.17, 15) is 13.6 Å². The summed E-state index contributed by atoms with van der Waals surface area (Å²) in [5.74, 6) is -3.50. The summed E-state index contributed by atoms with van der Waals surface area (Å²) >= 11 is 0. The van der Waals surface area contributed by atoms with Gasteiger partial charge in [0, 0.05) is 55.1 Å². The van der Waals surface area contributed by atoms with Crippen molar-refractivity contribution in [2.24, 2.45) is 5.92 Å². The molecule has 1 aliphatic heterocycles. The first kappa shape index (κ1) is 18.1. The molecule has 7 nitrogen and oxygen atoms in total. The van der Waals surface area contributed by atoms with E-state index in [4.69, 9.17) is 4.98 Å². The number of halogens is 2. The van der Waals surface area contributed by atoms with Gasteiger partial charge in [0.05, 0.1) is 29.6 Å². The van der Waals surface area contributed by atoms with Gasteiger partial charge in [-0.2, -0.15) is 5.10 Å². The maximum atomic E-state index is 13.0. The second kappa shape index (κ2) is 6.55. The molecule has 1 fully saturated rings. The molecule has 1 saturated carbocycles. The molecule has 1 N–H and O–H groups in total. The number of aromatic nitrogens is 4. The van der Waals surface area contributed by atoms with E-state index < -0.39 is 30.6 Å². The number of hydrogen-bond acceptors (Lipinski definition) is 5. The fourth-order valence-corrected chi connectivity index (χ4v) is 3.89. The van der Waals surface area contributed by atoms with Gasteiger partial charge in [-0.05, 0) is 19.2 Å². The highest BCUT2D eigenvalue weighted by Gasteiger charge is 2.48. The van der Waals surface area contributed by atoms with Crippen molar-refractivity contribution in [2.45, 2.75) is 31.9 Å². The Morgan fingerprint density at radius 2 is 2.07 bits per heavy atom. The van der Waals surface area contributed by atoms with Gasteiger partial charge in [0.1, 0.15) is 5.82 Å². The molecule has 29 heavy (non-hydrogen) atoms. The summed E-state index contributed by atoms with van der Waals surface area (Å²) < 4.78 is 28.0. The Labute approximate surface area is 165 Å². The molecule has 0 aromatic carbocycles. The number of amides is 1. The minimum atomic E-state index is -2.73. The lowest BCUT2D eigenvalue weighted by atomic mass is 9.81. The van der Waals surface area contributed by atoms with Crippen LogP contribution in [0.1, 0.15) is 18.5 Å². The van der Waals surface area contributed by atoms with E-state index in [-0.39, 0.29) is 0 Å². The van der Waals surface area contributed by atoms with Crippen molar-refractivity contribution in [1.29, 1.82) is 0 Å². The van der Waals surface area contributed by atoms with Gasteiger partial charge in [-0.1, -0.05) is 0 Å². The number of anilines is 1. The average molecular weight is 398 g/mol. The van der Waals surface area contributed by atoms with E-state index in [2.05, 4.69) is 27.3 Å². The van der Waals surface area contributed by atoms with Crippen LogP contribution in [0.25, 0.3) is 22.2 Å². The smallest absolute Gasteiger partial charge is 0.249 e. The summed E-state index contributed by atoms with van der Waals surface area (Å²) in [6.07, 6.45) is 2.65. The molecule has 0 unspecified atom stereocenters. The molecule has 0 atom stereocenters. The fourth-order valence-electron chi connectivity index (χ4n) is 3.89. The molecule has 5 rings (SSSR count). The van der Waals surface area contributed by atoms with E-state index in [1.807, 2.05) is 23.0 Å². The van der Waals surface area contributed by atoms with Crippen LogP contribution in [0, 0.1) is 5.92 Å². The Balaban J connectivity index is 1.42. The van der Waals surface area contributed by atoms with Crippen molar-refractivity contribution in [3.8, 4) is 11.3 Å². The molecule has 9 heteroatoms. The highest BCUT2D eigenvalue weighted by Crippen LogP contribution is 2.42. The first-order valence-electron chi connectivity index (χ1n) is 9.57. The number of hydrogen-bond donors (Lipinski definition) is 1. The zero-order chi connectivity index (χ0) is 20.2. The number of carbonyl (C=O) groups is 1. The molecule has 2 aliphatic rings. The Morgan fingerprint density at radius 1 is 1.24 bits per heavy atom. The minimum absolute atomic E-state index is 0.319. The van der Waals surface area contributed by atoms with Crippen molar-refractivity contribution in [3.63, 3.8) is 0 Å². The molecule has 0 saturated heterocycles. The topological polar surface area (TPSA) is 75.9 Å². The third-order valence-corrected chi connectivity index (χ3v) is 5.62. The first-order valence-corrected chi connectivity index (χ1v) is 9.57.